The Hall–Kier alpha value is -4.46. The second-order valence-corrected chi connectivity index (χ2v) is 7.06. The number of aromatic nitrogens is 3. The summed E-state index contributed by atoms with van der Waals surface area (Å²) in [6.07, 6.45) is 0. The molecule has 0 bridgehead atoms. The number of aromatic amines is 1. The predicted octanol–water partition coefficient (Wildman–Crippen LogP) is 5.39. The van der Waals surface area contributed by atoms with Crippen LogP contribution in [0.4, 0.5) is 11.6 Å². The van der Waals surface area contributed by atoms with E-state index in [1.807, 2.05) is 37.3 Å². The first-order valence-electron chi connectivity index (χ1n) is 10.1. The van der Waals surface area contributed by atoms with Crippen molar-refractivity contribution in [2.75, 3.05) is 6.61 Å². The van der Waals surface area contributed by atoms with E-state index in [1.54, 1.807) is 42.5 Å². The number of ether oxygens (including phenoxy) is 1. The van der Waals surface area contributed by atoms with Crippen molar-refractivity contribution in [2.45, 2.75) is 6.92 Å². The minimum Gasteiger partial charge on any atom is -0.494 e. The normalized spacial score (nSPS) is 11.5. The Morgan fingerprint density at radius 1 is 0.969 bits per heavy atom. The Bertz CT molecular complexity index is 1520. The van der Waals surface area contributed by atoms with Gasteiger partial charge in [0.1, 0.15) is 5.75 Å². The lowest BCUT2D eigenvalue weighted by atomic mass is 10.2. The van der Waals surface area contributed by atoms with E-state index in [2.05, 4.69) is 20.2 Å². The fourth-order valence-electron chi connectivity index (χ4n) is 3.59. The molecule has 2 heterocycles. The minimum absolute atomic E-state index is 0.0996. The summed E-state index contributed by atoms with van der Waals surface area (Å²) in [5.74, 6) is 0.693. The molecule has 0 atom stereocenters. The molecule has 2 aromatic heterocycles. The van der Waals surface area contributed by atoms with Gasteiger partial charge in [0.05, 0.1) is 28.7 Å². The third-order valence-corrected chi connectivity index (χ3v) is 5.06. The molecule has 0 aliphatic carbocycles. The molecule has 32 heavy (non-hydrogen) atoms. The molecule has 3 aromatic carbocycles. The lowest BCUT2D eigenvalue weighted by molar-refractivity contribution is 0.340. The Kier molecular flexibility index (Phi) is 4.87. The number of para-hydroxylation sites is 2. The maximum atomic E-state index is 13.3. The zero-order valence-electron chi connectivity index (χ0n) is 17.2. The lowest BCUT2D eigenvalue weighted by Crippen LogP contribution is -2.19. The van der Waals surface area contributed by atoms with Crippen molar-refractivity contribution in [1.29, 1.82) is 0 Å². The first-order valence-corrected chi connectivity index (χ1v) is 10.1. The number of hydrogen-bond donors (Lipinski definition) is 2. The lowest BCUT2D eigenvalue weighted by Gasteiger charge is -2.11. The van der Waals surface area contributed by atoms with Gasteiger partial charge in [-0.05, 0) is 49.4 Å². The topological polar surface area (TPSA) is 105 Å². The highest BCUT2D eigenvalue weighted by Crippen LogP contribution is 2.36. The summed E-state index contributed by atoms with van der Waals surface area (Å²) < 4.78 is 6.90. The van der Waals surface area contributed by atoms with Crippen LogP contribution in [-0.2, 0) is 0 Å². The molecule has 8 heteroatoms. The van der Waals surface area contributed by atoms with Gasteiger partial charge in [0.15, 0.2) is 5.69 Å². The minimum atomic E-state index is -0.267. The molecule has 0 amide bonds. The van der Waals surface area contributed by atoms with E-state index in [1.165, 1.54) is 4.57 Å². The summed E-state index contributed by atoms with van der Waals surface area (Å²) in [5.41, 5.74) is 1.83. The van der Waals surface area contributed by atoms with Gasteiger partial charge < -0.3 is 14.8 Å². The summed E-state index contributed by atoms with van der Waals surface area (Å²) in [7, 11) is 0. The fraction of sp³-hybridized carbons (Fsp3) is 0.0833. The van der Waals surface area contributed by atoms with Gasteiger partial charge in [-0.2, -0.15) is 0 Å². The van der Waals surface area contributed by atoms with Crippen molar-refractivity contribution in [3.63, 3.8) is 0 Å². The van der Waals surface area contributed by atoms with E-state index in [-0.39, 0.29) is 23.1 Å². The molecule has 8 nitrogen and oxygen atoms in total. The van der Waals surface area contributed by atoms with Crippen molar-refractivity contribution < 1.29 is 9.84 Å². The van der Waals surface area contributed by atoms with Crippen molar-refractivity contribution in [1.82, 2.24) is 14.5 Å². The van der Waals surface area contributed by atoms with Gasteiger partial charge >= 0.3 is 0 Å². The van der Waals surface area contributed by atoms with Crippen molar-refractivity contribution in [3.05, 3.63) is 83.2 Å². The Balaban J connectivity index is 1.69. The SMILES string of the molecule is CCOc1ccc(-n2c(N=Nc3c(O)[nH]c4ccccc34)nc3ccccc3c2=O)cc1. The molecule has 0 unspecified atom stereocenters. The van der Waals surface area contributed by atoms with Crippen LogP contribution in [0, 0.1) is 0 Å². The summed E-state index contributed by atoms with van der Waals surface area (Å²) in [6, 6.07) is 21.5. The molecule has 158 valence electrons. The second-order valence-electron chi connectivity index (χ2n) is 7.06. The van der Waals surface area contributed by atoms with Crippen LogP contribution in [0.3, 0.4) is 0 Å². The van der Waals surface area contributed by atoms with Crippen LogP contribution >= 0.6 is 0 Å². The van der Waals surface area contributed by atoms with Gasteiger partial charge in [-0.15, -0.1) is 10.2 Å². The Labute approximate surface area is 182 Å². The van der Waals surface area contributed by atoms with Crippen LogP contribution < -0.4 is 10.3 Å². The molecule has 0 radical (unpaired) electrons. The zero-order valence-corrected chi connectivity index (χ0v) is 17.2. The summed E-state index contributed by atoms with van der Waals surface area (Å²) in [4.78, 5) is 20.8. The van der Waals surface area contributed by atoms with Crippen LogP contribution in [0.1, 0.15) is 6.92 Å². The third kappa shape index (κ3) is 3.37. The highest BCUT2D eigenvalue weighted by atomic mass is 16.5. The average molecular weight is 425 g/mol. The molecule has 0 aliphatic rings. The fourth-order valence-corrected chi connectivity index (χ4v) is 3.59. The van der Waals surface area contributed by atoms with E-state index in [0.29, 0.717) is 34.3 Å². The molecule has 5 rings (SSSR count). The predicted molar refractivity (Wildman–Crippen MR) is 123 cm³/mol. The van der Waals surface area contributed by atoms with Gasteiger partial charge in [0.25, 0.3) is 11.5 Å². The van der Waals surface area contributed by atoms with E-state index >= 15 is 0 Å². The number of rotatable bonds is 5. The molecule has 0 fully saturated rings. The molecule has 0 saturated heterocycles. The molecule has 0 spiro atoms. The maximum absolute atomic E-state index is 13.3. The van der Waals surface area contributed by atoms with Gasteiger partial charge in [-0.1, -0.05) is 30.3 Å². The third-order valence-electron chi connectivity index (χ3n) is 5.06. The number of nitrogens with zero attached hydrogens (tertiary/aromatic N) is 4. The van der Waals surface area contributed by atoms with Crippen LogP contribution in [0.5, 0.6) is 11.6 Å². The van der Waals surface area contributed by atoms with Crippen molar-refractivity contribution >= 4 is 33.4 Å². The van der Waals surface area contributed by atoms with E-state index in [4.69, 9.17) is 4.74 Å². The largest absolute Gasteiger partial charge is 0.494 e. The van der Waals surface area contributed by atoms with E-state index < -0.39 is 0 Å². The summed E-state index contributed by atoms with van der Waals surface area (Å²) in [5, 5.41) is 20.0. The van der Waals surface area contributed by atoms with Gasteiger partial charge in [-0.3, -0.25) is 4.79 Å². The molecule has 5 aromatic rings. The number of azo groups is 1. The molecule has 0 saturated carbocycles. The highest BCUT2D eigenvalue weighted by Gasteiger charge is 2.14. The Morgan fingerprint density at radius 2 is 1.69 bits per heavy atom. The summed E-state index contributed by atoms with van der Waals surface area (Å²) >= 11 is 0. The van der Waals surface area contributed by atoms with Gasteiger partial charge in [-0.25, -0.2) is 9.55 Å². The van der Waals surface area contributed by atoms with Crippen LogP contribution in [0.25, 0.3) is 27.5 Å². The van der Waals surface area contributed by atoms with Gasteiger partial charge in [0, 0.05) is 5.39 Å². The molecule has 2 N–H and O–H groups in total. The zero-order chi connectivity index (χ0) is 22.1. The number of H-pyrrole nitrogens is 1. The summed E-state index contributed by atoms with van der Waals surface area (Å²) in [6.45, 7) is 2.45. The van der Waals surface area contributed by atoms with Crippen molar-refractivity contribution in [3.8, 4) is 17.3 Å². The quantitative estimate of drug-likeness (QED) is 0.369. The molecule has 0 aliphatic heterocycles. The number of aromatic hydroxyl groups is 1. The standard InChI is InChI=1S/C24H19N5O3/c1-2-32-16-13-11-15(12-14-16)29-23(31)18-8-4-6-10-20(18)26-24(29)28-27-21-17-7-3-5-9-19(17)25-22(21)30/h3-14,25,30H,2H2,1H3. The first kappa shape index (κ1) is 19.5. The molecular formula is C24H19N5O3. The number of hydrogen-bond acceptors (Lipinski definition) is 6. The van der Waals surface area contributed by atoms with Crippen LogP contribution in [-0.4, -0.2) is 26.2 Å². The number of fused-ring (bicyclic) bond motifs is 2. The van der Waals surface area contributed by atoms with E-state index in [9.17, 15) is 9.90 Å². The highest BCUT2D eigenvalue weighted by molar-refractivity contribution is 5.94. The van der Waals surface area contributed by atoms with Crippen LogP contribution in [0.15, 0.2) is 87.8 Å². The monoisotopic (exact) mass is 425 g/mol. The second kappa shape index (κ2) is 7.99. The van der Waals surface area contributed by atoms with E-state index in [0.717, 1.165) is 5.52 Å². The molecular weight excluding hydrogens is 406 g/mol. The Morgan fingerprint density at radius 3 is 2.47 bits per heavy atom. The van der Waals surface area contributed by atoms with Crippen LogP contribution in [0.2, 0.25) is 0 Å². The number of benzene rings is 3. The average Bonchev–Trinajstić information content (AvgIpc) is 3.13. The number of nitrogens with one attached hydrogen (secondary N) is 1. The maximum Gasteiger partial charge on any atom is 0.267 e. The first-order chi connectivity index (χ1) is 15.7. The van der Waals surface area contributed by atoms with Crippen molar-refractivity contribution in [2.24, 2.45) is 10.2 Å². The van der Waals surface area contributed by atoms with Gasteiger partial charge in [0.2, 0.25) is 5.88 Å². The smallest absolute Gasteiger partial charge is 0.267 e.